The second-order valence-electron chi connectivity index (χ2n) is 9.24. The Morgan fingerprint density at radius 3 is 2.57 bits per heavy atom. The van der Waals surface area contributed by atoms with E-state index in [0.717, 1.165) is 49.5 Å². The smallest absolute Gasteiger partial charge is 0.262 e. The molecular formula is C26H32N4O5. The first kappa shape index (κ1) is 23.6. The third-order valence-electron chi connectivity index (χ3n) is 6.81. The fourth-order valence-electron chi connectivity index (χ4n) is 4.58. The van der Waals surface area contributed by atoms with E-state index in [0.29, 0.717) is 31.9 Å². The number of methoxy groups -OCH3 is 1. The van der Waals surface area contributed by atoms with Crippen LogP contribution in [0.4, 0.5) is 0 Å². The molecule has 1 saturated heterocycles. The third-order valence-corrected chi connectivity index (χ3v) is 6.81. The van der Waals surface area contributed by atoms with Crippen LogP contribution in [-0.2, 0) is 14.3 Å². The lowest BCUT2D eigenvalue weighted by molar-refractivity contribution is -0.142. The first-order chi connectivity index (χ1) is 17.1. The van der Waals surface area contributed by atoms with Crippen LogP contribution in [-0.4, -0.2) is 85.4 Å². The van der Waals surface area contributed by atoms with Crippen molar-refractivity contribution >= 4 is 17.5 Å². The second kappa shape index (κ2) is 10.6. The van der Waals surface area contributed by atoms with Crippen molar-refractivity contribution in [1.82, 2.24) is 14.8 Å². The average molecular weight is 481 g/mol. The van der Waals surface area contributed by atoms with Gasteiger partial charge in [-0.15, -0.1) is 0 Å². The van der Waals surface area contributed by atoms with E-state index < -0.39 is 0 Å². The van der Waals surface area contributed by atoms with E-state index in [4.69, 9.17) is 19.0 Å². The van der Waals surface area contributed by atoms with Gasteiger partial charge in [0.05, 0.1) is 32.3 Å². The fourth-order valence-corrected chi connectivity index (χ4v) is 4.58. The largest absolute Gasteiger partial charge is 0.497 e. The molecule has 0 spiro atoms. The Balaban J connectivity index is 1.33. The molecule has 5 rings (SSSR count). The van der Waals surface area contributed by atoms with Crippen molar-refractivity contribution in [3.8, 4) is 5.75 Å². The molecule has 1 saturated carbocycles. The lowest BCUT2D eigenvalue weighted by Crippen LogP contribution is -2.47. The summed E-state index contributed by atoms with van der Waals surface area (Å²) in [5, 5.41) is 6.21. The minimum Gasteiger partial charge on any atom is -0.497 e. The van der Waals surface area contributed by atoms with Gasteiger partial charge < -0.3 is 18.8 Å². The minimum atomic E-state index is -0.341. The first-order valence-corrected chi connectivity index (χ1v) is 12.3. The number of furan rings is 1. The minimum absolute atomic E-state index is 0.0102. The van der Waals surface area contributed by atoms with Crippen LogP contribution in [0.1, 0.15) is 36.6 Å². The molecule has 9 nitrogen and oxygen atoms in total. The molecule has 1 aromatic carbocycles. The van der Waals surface area contributed by atoms with Gasteiger partial charge in [0.25, 0.3) is 5.91 Å². The van der Waals surface area contributed by atoms with Gasteiger partial charge in [-0.2, -0.15) is 5.10 Å². The zero-order chi connectivity index (χ0) is 24.2. The average Bonchev–Trinajstić information content (AvgIpc) is 3.41. The first-order valence-electron chi connectivity index (χ1n) is 12.3. The topological polar surface area (TPSA) is 87.8 Å². The standard InChI is InChI=1S/C26H32N4O5/c1-33-21-8-6-19(7-9-21)22-17-23(24-3-2-14-35-24)30(27-22)25(31)18-29(26(32)20-4-5-20)11-10-28-12-15-34-16-13-28/h2-3,6-9,14,20,23H,4-5,10-13,15-18H2,1H3/t23-/m0/s1. The lowest BCUT2D eigenvalue weighted by atomic mass is 10.0. The number of carbonyl (C=O) groups excluding carboxylic acids is 2. The number of hydrazone groups is 1. The maximum absolute atomic E-state index is 13.6. The molecular weight excluding hydrogens is 448 g/mol. The van der Waals surface area contributed by atoms with E-state index in [1.807, 2.05) is 36.4 Å². The summed E-state index contributed by atoms with van der Waals surface area (Å²) >= 11 is 0. The summed E-state index contributed by atoms with van der Waals surface area (Å²) < 4.78 is 16.3. The van der Waals surface area contributed by atoms with Crippen LogP contribution in [0.15, 0.2) is 52.2 Å². The maximum Gasteiger partial charge on any atom is 0.262 e. The molecule has 2 fully saturated rings. The Labute approximate surface area is 205 Å². The van der Waals surface area contributed by atoms with Crippen LogP contribution >= 0.6 is 0 Å². The van der Waals surface area contributed by atoms with Gasteiger partial charge >= 0.3 is 0 Å². The Hall–Kier alpha value is -3.17. The number of morpholine rings is 1. The third kappa shape index (κ3) is 5.57. The highest BCUT2D eigenvalue weighted by Crippen LogP contribution is 2.34. The highest BCUT2D eigenvalue weighted by atomic mass is 16.5. The summed E-state index contributed by atoms with van der Waals surface area (Å²) in [7, 11) is 1.63. The van der Waals surface area contributed by atoms with Gasteiger partial charge in [0, 0.05) is 38.5 Å². The van der Waals surface area contributed by atoms with Crippen molar-refractivity contribution in [2.24, 2.45) is 11.0 Å². The molecule has 1 aromatic heterocycles. The highest BCUT2D eigenvalue weighted by Gasteiger charge is 2.38. The number of carbonyl (C=O) groups is 2. The summed E-state index contributed by atoms with van der Waals surface area (Å²) in [4.78, 5) is 30.6. The number of ether oxygens (including phenoxy) is 2. The Morgan fingerprint density at radius 1 is 1.14 bits per heavy atom. The predicted molar refractivity (Wildman–Crippen MR) is 129 cm³/mol. The van der Waals surface area contributed by atoms with E-state index in [9.17, 15) is 9.59 Å². The van der Waals surface area contributed by atoms with Crippen LogP contribution in [0.25, 0.3) is 0 Å². The molecule has 186 valence electrons. The van der Waals surface area contributed by atoms with Crippen molar-refractivity contribution in [3.05, 3.63) is 54.0 Å². The Morgan fingerprint density at radius 2 is 1.91 bits per heavy atom. The van der Waals surface area contributed by atoms with Crippen LogP contribution in [0, 0.1) is 5.92 Å². The van der Waals surface area contributed by atoms with E-state index >= 15 is 0 Å². The van der Waals surface area contributed by atoms with Gasteiger partial charge in [-0.25, -0.2) is 5.01 Å². The number of hydrogen-bond acceptors (Lipinski definition) is 7. The lowest BCUT2D eigenvalue weighted by Gasteiger charge is -2.31. The second-order valence-corrected chi connectivity index (χ2v) is 9.24. The predicted octanol–water partition coefficient (Wildman–Crippen LogP) is 2.54. The molecule has 0 N–H and O–H groups in total. The molecule has 9 heteroatoms. The van der Waals surface area contributed by atoms with Crippen LogP contribution in [0.3, 0.4) is 0 Å². The van der Waals surface area contributed by atoms with Gasteiger partial charge in [-0.1, -0.05) is 0 Å². The van der Waals surface area contributed by atoms with Gasteiger partial charge in [0.2, 0.25) is 5.91 Å². The zero-order valence-corrected chi connectivity index (χ0v) is 20.1. The number of nitrogens with zero attached hydrogens (tertiary/aromatic N) is 4. The van der Waals surface area contributed by atoms with Crippen molar-refractivity contribution < 1.29 is 23.5 Å². The van der Waals surface area contributed by atoms with E-state index in [1.165, 1.54) is 5.01 Å². The number of rotatable bonds is 9. The van der Waals surface area contributed by atoms with Gasteiger partial charge in [-0.3, -0.25) is 14.5 Å². The zero-order valence-electron chi connectivity index (χ0n) is 20.1. The molecule has 1 aliphatic carbocycles. The molecule has 2 aromatic rings. The molecule has 35 heavy (non-hydrogen) atoms. The molecule has 0 radical (unpaired) electrons. The van der Waals surface area contributed by atoms with Gasteiger partial charge in [-0.05, 0) is 54.8 Å². The monoisotopic (exact) mass is 480 g/mol. The Kier molecular flexibility index (Phi) is 7.15. The molecule has 3 heterocycles. The van der Waals surface area contributed by atoms with Crippen molar-refractivity contribution in [1.29, 1.82) is 0 Å². The van der Waals surface area contributed by atoms with Crippen molar-refractivity contribution in [3.63, 3.8) is 0 Å². The SMILES string of the molecule is COc1ccc(C2=NN(C(=O)CN(CCN3CCOCC3)C(=O)C3CC3)[C@H](c3ccco3)C2)cc1. The number of benzene rings is 1. The molecule has 3 aliphatic rings. The fraction of sp³-hybridized carbons (Fsp3) is 0.500. The molecule has 1 atom stereocenters. The summed E-state index contributed by atoms with van der Waals surface area (Å²) in [6, 6.07) is 11.0. The van der Waals surface area contributed by atoms with E-state index in [2.05, 4.69) is 4.90 Å². The van der Waals surface area contributed by atoms with E-state index in [1.54, 1.807) is 18.3 Å². The Bertz CT molecular complexity index is 1040. The highest BCUT2D eigenvalue weighted by molar-refractivity contribution is 6.03. The van der Waals surface area contributed by atoms with Crippen molar-refractivity contribution in [2.45, 2.75) is 25.3 Å². The van der Waals surface area contributed by atoms with Gasteiger partial charge in [0.1, 0.15) is 24.1 Å². The summed E-state index contributed by atoms with van der Waals surface area (Å²) in [5.41, 5.74) is 1.73. The molecule has 2 aliphatic heterocycles. The number of amides is 2. The van der Waals surface area contributed by atoms with E-state index in [-0.39, 0.29) is 30.3 Å². The molecule has 0 bridgehead atoms. The quantitative estimate of drug-likeness (QED) is 0.548. The summed E-state index contributed by atoms with van der Waals surface area (Å²) in [6.07, 6.45) is 3.95. The normalized spacial score (nSPS) is 20.5. The summed E-state index contributed by atoms with van der Waals surface area (Å²) in [5.74, 6) is 1.35. The molecule has 0 unspecified atom stereocenters. The van der Waals surface area contributed by atoms with Crippen LogP contribution < -0.4 is 4.74 Å². The summed E-state index contributed by atoms with van der Waals surface area (Å²) in [6.45, 7) is 4.37. The molecule has 2 amide bonds. The van der Waals surface area contributed by atoms with Crippen LogP contribution in [0.2, 0.25) is 0 Å². The number of hydrogen-bond donors (Lipinski definition) is 0. The van der Waals surface area contributed by atoms with Gasteiger partial charge in [0.15, 0.2) is 0 Å². The van der Waals surface area contributed by atoms with Crippen molar-refractivity contribution in [2.75, 3.05) is 53.0 Å². The van der Waals surface area contributed by atoms with Crippen LogP contribution in [0.5, 0.6) is 5.75 Å². The maximum atomic E-state index is 13.6.